The molecule has 3 rings (SSSR count). The Morgan fingerprint density at radius 1 is 1.20 bits per heavy atom. The van der Waals surface area contributed by atoms with Crippen LogP contribution in [0, 0.1) is 10.1 Å². The number of hydrogen-bond donors (Lipinski definition) is 1. The molecule has 1 amide bonds. The lowest BCUT2D eigenvalue weighted by Crippen LogP contribution is -2.22. The zero-order valence-electron chi connectivity index (χ0n) is 13.4. The smallest absolute Gasteiger partial charge is 0.271 e. The SMILES string of the molecule is C[C@H](Sc1ccc2c(c1)OCCO2)C(=O)Nc1cccc([N+](=O)[O-])c1. The number of fused-ring (bicyclic) bond motifs is 1. The molecule has 0 fully saturated rings. The molecule has 1 aliphatic rings. The number of rotatable bonds is 5. The highest BCUT2D eigenvalue weighted by atomic mass is 32.2. The third kappa shape index (κ3) is 4.21. The molecule has 8 heteroatoms. The van der Waals surface area contributed by atoms with Crippen LogP contribution < -0.4 is 14.8 Å². The van der Waals surface area contributed by atoms with E-state index in [0.29, 0.717) is 30.4 Å². The summed E-state index contributed by atoms with van der Waals surface area (Å²) in [6.07, 6.45) is 0. The zero-order chi connectivity index (χ0) is 17.8. The molecule has 0 unspecified atom stereocenters. The van der Waals surface area contributed by atoms with Crippen molar-refractivity contribution in [3.63, 3.8) is 0 Å². The first-order valence-corrected chi connectivity index (χ1v) is 8.52. The number of thioether (sulfide) groups is 1. The fraction of sp³-hybridized carbons (Fsp3) is 0.235. The minimum absolute atomic E-state index is 0.0649. The minimum atomic E-state index is -0.497. The maximum atomic E-state index is 12.3. The van der Waals surface area contributed by atoms with Crippen molar-refractivity contribution in [1.29, 1.82) is 0 Å². The molecule has 1 atom stereocenters. The molecule has 0 aromatic heterocycles. The number of carbonyl (C=O) groups is 1. The molecule has 0 bridgehead atoms. The Bertz CT molecular complexity index is 811. The molecule has 0 spiro atoms. The summed E-state index contributed by atoms with van der Waals surface area (Å²) in [5.41, 5.74) is 0.332. The van der Waals surface area contributed by atoms with Crippen molar-refractivity contribution in [3.05, 3.63) is 52.6 Å². The van der Waals surface area contributed by atoms with Crippen LogP contribution >= 0.6 is 11.8 Å². The number of nitrogens with zero attached hydrogens (tertiary/aromatic N) is 1. The fourth-order valence-electron chi connectivity index (χ4n) is 2.30. The Hall–Kier alpha value is -2.74. The quantitative estimate of drug-likeness (QED) is 0.499. The van der Waals surface area contributed by atoms with Crippen molar-refractivity contribution in [2.45, 2.75) is 17.1 Å². The number of nitrogens with one attached hydrogen (secondary N) is 1. The first-order chi connectivity index (χ1) is 12.0. The van der Waals surface area contributed by atoms with Crippen LogP contribution in [0.5, 0.6) is 11.5 Å². The largest absolute Gasteiger partial charge is 0.486 e. The third-order valence-electron chi connectivity index (χ3n) is 3.52. The maximum absolute atomic E-state index is 12.3. The van der Waals surface area contributed by atoms with Crippen LogP contribution in [0.15, 0.2) is 47.4 Å². The molecule has 1 heterocycles. The highest BCUT2D eigenvalue weighted by Crippen LogP contribution is 2.35. The van der Waals surface area contributed by atoms with Gasteiger partial charge in [0.1, 0.15) is 13.2 Å². The monoisotopic (exact) mass is 360 g/mol. The summed E-state index contributed by atoms with van der Waals surface area (Å²) in [5, 5.41) is 13.1. The Morgan fingerprint density at radius 3 is 2.72 bits per heavy atom. The molecule has 1 aliphatic heterocycles. The summed E-state index contributed by atoms with van der Waals surface area (Å²) >= 11 is 1.37. The second-order valence-corrected chi connectivity index (χ2v) is 6.78. The molecule has 2 aromatic rings. The predicted octanol–water partition coefficient (Wildman–Crippen LogP) is 3.49. The number of hydrogen-bond acceptors (Lipinski definition) is 6. The van der Waals surface area contributed by atoms with Crippen LogP contribution in [-0.4, -0.2) is 29.3 Å². The van der Waals surface area contributed by atoms with Crippen molar-refractivity contribution in [1.82, 2.24) is 0 Å². The first kappa shape index (κ1) is 17.1. The second-order valence-electron chi connectivity index (χ2n) is 5.36. The third-order valence-corrected chi connectivity index (χ3v) is 4.61. The topological polar surface area (TPSA) is 90.7 Å². The summed E-state index contributed by atoms with van der Waals surface area (Å²) in [4.78, 5) is 23.5. The van der Waals surface area contributed by atoms with E-state index in [1.54, 1.807) is 13.0 Å². The molecule has 2 aromatic carbocycles. The van der Waals surface area contributed by atoms with Gasteiger partial charge in [0.05, 0.1) is 10.2 Å². The molecule has 0 saturated carbocycles. The molecule has 1 N–H and O–H groups in total. The van der Waals surface area contributed by atoms with E-state index in [-0.39, 0.29) is 16.8 Å². The van der Waals surface area contributed by atoms with Gasteiger partial charge >= 0.3 is 0 Å². The van der Waals surface area contributed by atoms with Crippen LogP contribution in [0.3, 0.4) is 0 Å². The van der Waals surface area contributed by atoms with E-state index < -0.39 is 4.92 Å². The predicted molar refractivity (Wildman–Crippen MR) is 94.5 cm³/mol. The molecule has 0 radical (unpaired) electrons. The molecular formula is C17H16N2O5S. The molecule has 7 nitrogen and oxygen atoms in total. The number of ether oxygens (including phenoxy) is 2. The Labute approximate surface area is 148 Å². The highest BCUT2D eigenvalue weighted by molar-refractivity contribution is 8.00. The Kier molecular flexibility index (Phi) is 5.08. The van der Waals surface area contributed by atoms with Crippen molar-refractivity contribution in [3.8, 4) is 11.5 Å². The van der Waals surface area contributed by atoms with Crippen molar-refractivity contribution >= 4 is 29.0 Å². The van der Waals surface area contributed by atoms with Gasteiger partial charge in [-0.05, 0) is 31.2 Å². The minimum Gasteiger partial charge on any atom is -0.486 e. The van der Waals surface area contributed by atoms with Crippen LogP contribution in [-0.2, 0) is 4.79 Å². The average molecular weight is 360 g/mol. The number of benzene rings is 2. The van der Waals surface area contributed by atoms with Crippen molar-refractivity contribution < 1.29 is 19.2 Å². The van der Waals surface area contributed by atoms with E-state index in [1.165, 1.54) is 30.0 Å². The lowest BCUT2D eigenvalue weighted by Gasteiger charge is -2.19. The van der Waals surface area contributed by atoms with E-state index in [4.69, 9.17) is 9.47 Å². The van der Waals surface area contributed by atoms with Crippen LogP contribution in [0.25, 0.3) is 0 Å². The van der Waals surface area contributed by atoms with Gasteiger partial charge in [0.25, 0.3) is 5.69 Å². The lowest BCUT2D eigenvalue weighted by molar-refractivity contribution is -0.384. The number of carbonyl (C=O) groups excluding carboxylic acids is 1. The Balaban J connectivity index is 1.64. The number of amides is 1. The van der Waals surface area contributed by atoms with Gasteiger partial charge in [0.2, 0.25) is 5.91 Å². The van der Waals surface area contributed by atoms with Gasteiger partial charge in [-0.15, -0.1) is 11.8 Å². The first-order valence-electron chi connectivity index (χ1n) is 7.64. The van der Waals surface area contributed by atoms with E-state index in [0.717, 1.165) is 4.90 Å². The number of anilines is 1. The standard InChI is InChI=1S/C17H16N2O5S/c1-11(17(20)18-12-3-2-4-13(9-12)19(21)22)25-14-5-6-15-16(10-14)24-8-7-23-15/h2-6,9-11H,7-8H2,1H3,(H,18,20)/t11-/m0/s1. The summed E-state index contributed by atoms with van der Waals surface area (Å²) < 4.78 is 11.0. The summed E-state index contributed by atoms with van der Waals surface area (Å²) in [6, 6.07) is 11.4. The number of nitro groups is 1. The summed E-state index contributed by atoms with van der Waals surface area (Å²) in [6.45, 7) is 2.81. The molecule has 0 saturated heterocycles. The maximum Gasteiger partial charge on any atom is 0.271 e. The van der Waals surface area contributed by atoms with Gasteiger partial charge < -0.3 is 14.8 Å². The van der Waals surface area contributed by atoms with Gasteiger partial charge in [-0.1, -0.05) is 6.07 Å². The lowest BCUT2D eigenvalue weighted by atomic mass is 10.2. The second kappa shape index (κ2) is 7.43. The van der Waals surface area contributed by atoms with Gasteiger partial charge in [-0.25, -0.2) is 0 Å². The van der Waals surface area contributed by atoms with E-state index >= 15 is 0 Å². The van der Waals surface area contributed by atoms with Crippen molar-refractivity contribution in [2.24, 2.45) is 0 Å². The average Bonchev–Trinajstić information content (AvgIpc) is 2.61. The van der Waals surface area contributed by atoms with Gasteiger partial charge in [-0.3, -0.25) is 14.9 Å². The van der Waals surface area contributed by atoms with E-state index in [2.05, 4.69) is 5.32 Å². The van der Waals surface area contributed by atoms with Gasteiger partial charge in [-0.2, -0.15) is 0 Å². The zero-order valence-corrected chi connectivity index (χ0v) is 14.2. The van der Waals surface area contributed by atoms with Gasteiger partial charge in [0.15, 0.2) is 11.5 Å². The van der Waals surface area contributed by atoms with Crippen LogP contribution in [0.2, 0.25) is 0 Å². The Morgan fingerprint density at radius 2 is 1.96 bits per heavy atom. The summed E-state index contributed by atoms with van der Waals surface area (Å²) in [5.74, 6) is 1.13. The normalized spacial score (nSPS) is 13.8. The van der Waals surface area contributed by atoms with Crippen molar-refractivity contribution in [2.75, 3.05) is 18.5 Å². The highest BCUT2D eigenvalue weighted by Gasteiger charge is 2.18. The number of nitro benzene ring substituents is 1. The number of non-ortho nitro benzene ring substituents is 1. The molecule has 0 aliphatic carbocycles. The van der Waals surface area contributed by atoms with Crippen LogP contribution in [0.4, 0.5) is 11.4 Å². The molecule has 130 valence electrons. The van der Waals surface area contributed by atoms with E-state index in [1.807, 2.05) is 18.2 Å². The summed E-state index contributed by atoms with van der Waals surface area (Å²) in [7, 11) is 0. The molecular weight excluding hydrogens is 344 g/mol. The van der Waals surface area contributed by atoms with Gasteiger partial charge in [0, 0.05) is 22.7 Å². The van der Waals surface area contributed by atoms with Crippen LogP contribution in [0.1, 0.15) is 6.92 Å². The van der Waals surface area contributed by atoms with E-state index in [9.17, 15) is 14.9 Å². The fourth-order valence-corrected chi connectivity index (χ4v) is 3.19. The molecule has 25 heavy (non-hydrogen) atoms.